The second-order valence-corrected chi connectivity index (χ2v) is 4.88. The topological polar surface area (TPSA) is 12.0 Å². The number of halogens is 1. The van der Waals surface area contributed by atoms with Crippen LogP contribution in [-0.4, -0.2) is 18.8 Å². The lowest BCUT2D eigenvalue weighted by molar-refractivity contribution is 0.807. The van der Waals surface area contributed by atoms with E-state index in [1.807, 2.05) is 23.9 Å². The van der Waals surface area contributed by atoms with Gasteiger partial charge in [-0.15, -0.1) is 18.3 Å². The highest BCUT2D eigenvalue weighted by Crippen LogP contribution is 2.21. The van der Waals surface area contributed by atoms with Crippen LogP contribution in [0.4, 0.5) is 0 Å². The Bertz CT molecular complexity index is 288. The van der Waals surface area contributed by atoms with Crippen molar-refractivity contribution in [3.05, 3.63) is 41.4 Å². The van der Waals surface area contributed by atoms with Crippen molar-refractivity contribution in [2.24, 2.45) is 0 Å². The van der Waals surface area contributed by atoms with E-state index in [2.05, 4.69) is 46.0 Å². The first-order chi connectivity index (χ1) is 6.83. The molecule has 0 fully saturated rings. The molecule has 76 valence electrons. The molecule has 1 aromatic rings. The van der Waals surface area contributed by atoms with Crippen LogP contribution in [0.2, 0.25) is 0 Å². The number of thioether (sulfide) groups is 1. The zero-order chi connectivity index (χ0) is 10.2. The second-order valence-electron chi connectivity index (χ2n) is 2.80. The highest BCUT2D eigenvalue weighted by atomic mass is 79.9. The number of hydrogen-bond donors (Lipinski definition) is 1. The molecule has 0 aliphatic heterocycles. The van der Waals surface area contributed by atoms with Gasteiger partial charge in [0.1, 0.15) is 0 Å². The molecule has 0 radical (unpaired) electrons. The summed E-state index contributed by atoms with van der Waals surface area (Å²) in [5, 5.41) is 3.27. The van der Waals surface area contributed by atoms with E-state index < -0.39 is 0 Å². The third-order valence-electron chi connectivity index (χ3n) is 1.63. The fourth-order valence-electron chi connectivity index (χ4n) is 1.00. The molecule has 0 amide bonds. The van der Waals surface area contributed by atoms with E-state index in [9.17, 15) is 0 Å². The average molecular weight is 272 g/mol. The van der Waals surface area contributed by atoms with E-state index in [4.69, 9.17) is 0 Å². The van der Waals surface area contributed by atoms with Crippen LogP contribution in [0.5, 0.6) is 0 Å². The Morgan fingerprint density at radius 3 is 3.07 bits per heavy atom. The molecule has 3 heteroatoms. The van der Waals surface area contributed by atoms with Gasteiger partial charge in [0.15, 0.2) is 0 Å². The van der Waals surface area contributed by atoms with Gasteiger partial charge in [-0.1, -0.05) is 28.1 Å². The molecule has 0 unspecified atom stereocenters. The van der Waals surface area contributed by atoms with Crippen LogP contribution in [-0.2, 0) is 0 Å². The summed E-state index contributed by atoms with van der Waals surface area (Å²) in [4.78, 5) is 1.31. The van der Waals surface area contributed by atoms with E-state index in [1.165, 1.54) is 4.90 Å². The quantitative estimate of drug-likeness (QED) is 0.484. The Morgan fingerprint density at radius 2 is 2.36 bits per heavy atom. The molecule has 0 atom stereocenters. The van der Waals surface area contributed by atoms with Gasteiger partial charge in [0.25, 0.3) is 0 Å². The van der Waals surface area contributed by atoms with Crippen molar-refractivity contribution < 1.29 is 0 Å². The van der Waals surface area contributed by atoms with Crippen molar-refractivity contribution in [2.45, 2.75) is 4.90 Å². The minimum Gasteiger partial charge on any atom is -0.312 e. The molecule has 0 aromatic heterocycles. The Kier molecular flexibility index (Phi) is 5.99. The van der Waals surface area contributed by atoms with Crippen molar-refractivity contribution in [3.8, 4) is 0 Å². The van der Waals surface area contributed by atoms with Gasteiger partial charge < -0.3 is 5.32 Å². The molecule has 0 heterocycles. The fourth-order valence-corrected chi connectivity index (χ4v) is 2.42. The Balaban J connectivity index is 2.21. The monoisotopic (exact) mass is 271 g/mol. The Hall–Kier alpha value is -0.250. The van der Waals surface area contributed by atoms with Gasteiger partial charge in [-0.05, 0) is 18.2 Å². The SMILES string of the molecule is C=CCNCCSc1cccc(Br)c1. The van der Waals surface area contributed by atoms with Crippen LogP contribution in [0.25, 0.3) is 0 Å². The molecule has 1 rings (SSSR count). The van der Waals surface area contributed by atoms with E-state index in [0.717, 1.165) is 23.3 Å². The van der Waals surface area contributed by atoms with Crippen LogP contribution in [0.1, 0.15) is 0 Å². The number of benzene rings is 1. The van der Waals surface area contributed by atoms with Gasteiger partial charge in [-0.25, -0.2) is 0 Å². The van der Waals surface area contributed by atoms with E-state index >= 15 is 0 Å². The molecule has 0 saturated carbocycles. The molecular weight excluding hydrogens is 258 g/mol. The maximum atomic E-state index is 3.65. The maximum Gasteiger partial charge on any atom is 0.0186 e. The molecular formula is C11H14BrNS. The van der Waals surface area contributed by atoms with Crippen LogP contribution >= 0.6 is 27.7 Å². The summed E-state index contributed by atoms with van der Waals surface area (Å²) < 4.78 is 1.14. The lowest BCUT2D eigenvalue weighted by Gasteiger charge is -2.02. The fraction of sp³-hybridized carbons (Fsp3) is 0.273. The zero-order valence-corrected chi connectivity index (χ0v) is 10.4. The van der Waals surface area contributed by atoms with Gasteiger partial charge in [0, 0.05) is 28.2 Å². The maximum absolute atomic E-state index is 3.65. The minimum atomic E-state index is 0.888. The molecule has 0 aliphatic carbocycles. The van der Waals surface area contributed by atoms with Crippen molar-refractivity contribution in [1.29, 1.82) is 0 Å². The van der Waals surface area contributed by atoms with E-state index in [-0.39, 0.29) is 0 Å². The van der Waals surface area contributed by atoms with Crippen LogP contribution in [0.15, 0.2) is 46.3 Å². The van der Waals surface area contributed by atoms with Gasteiger partial charge in [-0.2, -0.15) is 0 Å². The summed E-state index contributed by atoms with van der Waals surface area (Å²) in [6.45, 7) is 5.56. The zero-order valence-electron chi connectivity index (χ0n) is 8.00. The summed E-state index contributed by atoms with van der Waals surface area (Å²) in [5.74, 6) is 1.09. The molecule has 1 aromatic carbocycles. The lowest BCUT2D eigenvalue weighted by Crippen LogP contribution is -2.16. The second kappa shape index (κ2) is 7.10. The van der Waals surface area contributed by atoms with E-state index in [0.29, 0.717) is 0 Å². The molecule has 14 heavy (non-hydrogen) atoms. The predicted octanol–water partition coefficient (Wildman–Crippen LogP) is 3.32. The van der Waals surface area contributed by atoms with Crippen molar-refractivity contribution in [2.75, 3.05) is 18.8 Å². The minimum absolute atomic E-state index is 0.888. The highest BCUT2D eigenvalue weighted by Gasteiger charge is 1.93. The normalized spacial score (nSPS) is 10.1. The third-order valence-corrected chi connectivity index (χ3v) is 3.12. The van der Waals surface area contributed by atoms with Crippen molar-refractivity contribution in [3.63, 3.8) is 0 Å². The molecule has 0 spiro atoms. The van der Waals surface area contributed by atoms with Crippen molar-refractivity contribution >= 4 is 27.7 Å². The van der Waals surface area contributed by atoms with Gasteiger partial charge in [0.05, 0.1) is 0 Å². The average Bonchev–Trinajstić information content (AvgIpc) is 2.18. The van der Waals surface area contributed by atoms with E-state index in [1.54, 1.807) is 0 Å². The summed E-state index contributed by atoms with van der Waals surface area (Å²) in [5.41, 5.74) is 0. The molecule has 1 N–H and O–H groups in total. The number of rotatable bonds is 6. The summed E-state index contributed by atoms with van der Waals surface area (Å²) >= 11 is 5.31. The summed E-state index contributed by atoms with van der Waals surface area (Å²) in [6, 6.07) is 8.37. The first kappa shape index (κ1) is 11.8. The summed E-state index contributed by atoms with van der Waals surface area (Å²) in [7, 11) is 0. The molecule has 0 aliphatic rings. The number of nitrogens with one attached hydrogen (secondary N) is 1. The first-order valence-electron chi connectivity index (χ1n) is 4.53. The summed E-state index contributed by atoms with van der Waals surface area (Å²) in [6.07, 6.45) is 1.88. The van der Waals surface area contributed by atoms with Crippen LogP contribution in [0.3, 0.4) is 0 Å². The smallest absolute Gasteiger partial charge is 0.0186 e. The van der Waals surface area contributed by atoms with Gasteiger partial charge in [-0.3, -0.25) is 0 Å². The molecule has 0 bridgehead atoms. The van der Waals surface area contributed by atoms with Crippen molar-refractivity contribution in [1.82, 2.24) is 5.32 Å². The third kappa shape index (κ3) is 4.84. The predicted molar refractivity (Wildman–Crippen MR) is 67.9 cm³/mol. The highest BCUT2D eigenvalue weighted by molar-refractivity contribution is 9.10. The number of hydrogen-bond acceptors (Lipinski definition) is 2. The van der Waals surface area contributed by atoms with Crippen LogP contribution in [0, 0.1) is 0 Å². The standard InChI is InChI=1S/C11H14BrNS/c1-2-6-13-7-8-14-11-5-3-4-10(12)9-11/h2-5,9,13H,1,6-8H2. The lowest BCUT2D eigenvalue weighted by atomic mass is 10.4. The Labute approximate surface area is 98.1 Å². The van der Waals surface area contributed by atoms with Gasteiger partial charge in [0.2, 0.25) is 0 Å². The van der Waals surface area contributed by atoms with Gasteiger partial charge >= 0.3 is 0 Å². The molecule has 0 saturated heterocycles. The first-order valence-corrected chi connectivity index (χ1v) is 6.31. The van der Waals surface area contributed by atoms with Crippen LogP contribution < -0.4 is 5.32 Å². The largest absolute Gasteiger partial charge is 0.312 e. The Morgan fingerprint density at radius 1 is 1.50 bits per heavy atom. The molecule has 1 nitrogen and oxygen atoms in total.